The molecular formula is C13H17ClN2O3S2. The lowest BCUT2D eigenvalue weighted by molar-refractivity contribution is 0.580. The Hall–Kier alpha value is -0.910. The summed E-state index contributed by atoms with van der Waals surface area (Å²) in [7, 11) is -4.62. The van der Waals surface area contributed by atoms with Crippen molar-refractivity contribution in [3.05, 3.63) is 28.8 Å². The molecule has 0 aliphatic heterocycles. The first-order valence-corrected chi connectivity index (χ1v) is 9.74. The Morgan fingerprint density at radius 1 is 1.43 bits per heavy atom. The van der Waals surface area contributed by atoms with Gasteiger partial charge in [0, 0.05) is 34.9 Å². The summed E-state index contributed by atoms with van der Waals surface area (Å²) in [5.74, 6) is 5.90. The van der Waals surface area contributed by atoms with Gasteiger partial charge in [0.2, 0.25) is 10.0 Å². The molecule has 5 nitrogen and oxygen atoms in total. The Labute approximate surface area is 132 Å². The normalized spacial score (nSPS) is 12.5. The summed E-state index contributed by atoms with van der Waals surface area (Å²) in [6.45, 7) is 0.436. The van der Waals surface area contributed by atoms with Crippen LogP contribution in [0.15, 0.2) is 23.1 Å². The molecule has 0 aliphatic rings. The van der Waals surface area contributed by atoms with Crippen molar-refractivity contribution in [2.45, 2.75) is 11.3 Å². The summed E-state index contributed by atoms with van der Waals surface area (Å²) in [5.41, 5.74) is 5.87. The van der Waals surface area contributed by atoms with Crippen LogP contribution >= 0.6 is 11.6 Å². The SMILES string of the molecule is CS(=O)CCCNS(=O)(=O)c1ccc(C#CCN)cc1Cl. The van der Waals surface area contributed by atoms with E-state index in [2.05, 4.69) is 16.6 Å². The van der Waals surface area contributed by atoms with Crippen molar-refractivity contribution in [3.8, 4) is 11.8 Å². The third-order valence-electron chi connectivity index (χ3n) is 2.46. The molecule has 116 valence electrons. The molecule has 0 bridgehead atoms. The van der Waals surface area contributed by atoms with E-state index in [1.54, 1.807) is 12.3 Å². The second kappa shape index (κ2) is 8.51. The van der Waals surface area contributed by atoms with E-state index in [9.17, 15) is 12.6 Å². The summed E-state index contributed by atoms with van der Waals surface area (Å²) in [4.78, 5) is 0.0000797. The molecule has 1 rings (SSSR count). The number of nitrogens with one attached hydrogen (secondary N) is 1. The summed E-state index contributed by atoms with van der Waals surface area (Å²) in [6, 6.07) is 4.47. The van der Waals surface area contributed by atoms with Crippen molar-refractivity contribution >= 4 is 32.4 Å². The molecule has 0 spiro atoms. The summed E-state index contributed by atoms with van der Waals surface area (Å²) >= 11 is 5.99. The minimum atomic E-state index is -3.68. The Bertz CT molecular complexity index is 678. The lowest BCUT2D eigenvalue weighted by Gasteiger charge is -2.08. The van der Waals surface area contributed by atoms with E-state index in [0.717, 1.165) is 0 Å². The zero-order valence-electron chi connectivity index (χ0n) is 11.6. The van der Waals surface area contributed by atoms with E-state index >= 15 is 0 Å². The van der Waals surface area contributed by atoms with E-state index in [1.165, 1.54) is 12.1 Å². The molecule has 0 heterocycles. The van der Waals surface area contributed by atoms with Gasteiger partial charge in [-0.05, 0) is 24.6 Å². The molecule has 0 aliphatic carbocycles. The second-order valence-electron chi connectivity index (χ2n) is 4.18. The molecule has 0 radical (unpaired) electrons. The van der Waals surface area contributed by atoms with Crippen LogP contribution in [0, 0.1) is 11.8 Å². The minimum Gasteiger partial charge on any atom is -0.320 e. The monoisotopic (exact) mass is 348 g/mol. The molecule has 0 fully saturated rings. The summed E-state index contributed by atoms with van der Waals surface area (Å²) in [5, 5.41) is 0.102. The first-order valence-electron chi connectivity index (χ1n) is 6.15. The Morgan fingerprint density at radius 2 is 2.14 bits per heavy atom. The van der Waals surface area contributed by atoms with Crippen LogP contribution < -0.4 is 10.5 Å². The average Bonchev–Trinajstić information content (AvgIpc) is 2.41. The zero-order chi connectivity index (χ0) is 15.9. The molecule has 21 heavy (non-hydrogen) atoms. The third-order valence-corrected chi connectivity index (χ3v) is 5.26. The van der Waals surface area contributed by atoms with Gasteiger partial charge in [-0.1, -0.05) is 23.4 Å². The fraction of sp³-hybridized carbons (Fsp3) is 0.385. The zero-order valence-corrected chi connectivity index (χ0v) is 13.9. The molecule has 1 aromatic rings. The maximum absolute atomic E-state index is 12.1. The standard InChI is InChI=1S/C13H17ClN2O3S2/c1-20(17)9-3-8-16-21(18,19)13-6-5-11(4-2-7-15)10-12(13)14/h5-6,10,16H,3,7-9,15H2,1H3. The highest BCUT2D eigenvalue weighted by molar-refractivity contribution is 7.89. The van der Waals surface area contributed by atoms with Crippen LogP contribution in [0.4, 0.5) is 0 Å². The highest BCUT2D eigenvalue weighted by atomic mass is 35.5. The van der Waals surface area contributed by atoms with Crippen LogP contribution in [0.5, 0.6) is 0 Å². The van der Waals surface area contributed by atoms with Crippen molar-refractivity contribution in [2.24, 2.45) is 5.73 Å². The smallest absolute Gasteiger partial charge is 0.242 e. The van der Waals surface area contributed by atoms with E-state index < -0.39 is 20.8 Å². The predicted octanol–water partition coefficient (Wildman–Crippen LogP) is 0.697. The summed E-state index contributed by atoms with van der Waals surface area (Å²) in [6.07, 6.45) is 2.08. The molecule has 8 heteroatoms. The Morgan fingerprint density at radius 3 is 2.71 bits per heavy atom. The van der Waals surface area contributed by atoms with Gasteiger partial charge in [0.15, 0.2) is 0 Å². The number of rotatable bonds is 6. The Kier molecular flexibility index (Phi) is 7.35. The molecule has 3 N–H and O–H groups in total. The fourth-order valence-electron chi connectivity index (χ4n) is 1.51. The van der Waals surface area contributed by atoms with Crippen LogP contribution in [-0.2, 0) is 20.8 Å². The lowest BCUT2D eigenvalue weighted by atomic mass is 10.2. The van der Waals surface area contributed by atoms with Gasteiger partial charge in [-0.25, -0.2) is 13.1 Å². The molecule has 1 aromatic carbocycles. The van der Waals surface area contributed by atoms with E-state index in [4.69, 9.17) is 17.3 Å². The van der Waals surface area contributed by atoms with Gasteiger partial charge in [0.1, 0.15) is 4.90 Å². The number of sulfonamides is 1. The molecule has 1 unspecified atom stereocenters. The van der Waals surface area contributed by atoms with Crippen molar-refractivity contribution in [3.63, 3.8) is 0 Å². The van der Waals surface area contributed by atoms with Crippen LogP contribution in [0.2, 0.25) is 5.02 Å². The second-order valence-corrected chi connectivity index (χ2v) is 7.88. The highest BCUT2D eigenvalue weighted by Gasteiger charge is 2.17. The first-order chi connectivity index (χ1) is 9.86. The van der Waals surface area contributed by atoms with Crippen molar-refractivity contribution in [2.75, 3.05) is 25.1 Å². The largest absolute Gasteiger partial charge is 0.320 e. The van der Waals surface area contributed by atoms with Crippen LogP contribution in [0.3, 0.4) is 0 Å². The van der Waals surface area contributed by atoms with Gasteiger partial charge in [-0.15, -0.1) is 0 Å². The number of benzene rings is 1. The minimum absolute atomic E-state index is 0.0000797. The molecule has 0 saturated carbocycles. The maximum Gasteiger partial charge on any atom is 0.242 e. The van der Waals surface area contributed by atoms with E-state index in [-0.39, 0.29) is 23.0 Å². The van der Waals surface area contributed by atoms with Crippen molar-refractivity contribution in [1.82, 2.24) is 4.72 Å². The lowest BCUT2D eigenvalue weighted by Crippen LogP contribution is -2.26. The Balaban J connectivity index is 2.81. The fourth-order valence-corrected chi connectivity index (χ4v) is 3.68. The quantitative estimate of drug-likeness (QED) is 0.585. The maximum atomic E-state index is 12.1. The number of halogens is 1. The number of hydrogen-bond donors (Lipinski definition) is 2. The van der Waals surface area contributed by atoms with Gasteiger partial charge in [0.25, 0.3) is 0 Å². The number of hydrogen-bond acceptors (Lipinski definition) is 4. The van der Waals surface area contributed by atoms with E-state index in [1.807, 2.05) is 0 Å². The molecule has 0 saturated heterocycles. The van der Waals surface area contributed by atoms with Crippen LogP contribution in [0.1, 0.15) is 12.0 Å². The molecular weight excluding hydrogens is 332 g/mol. The number of nitrogens with two attached hydrogens (primary N) is 1. The van der Waals surface area contributed by atoms with Gasteiger partial charge >= 0.3 is 0 Å². The first kappa shape index (κ1) is 18.1. The highest BCUT2D eigenvalue weighted by Crippen LogP contribution is 2.22. The predicted molar refractivity (Wildman–Crippen MR) is 86.1 cm³/mol. The van der Waals surface area contributed by atoms with Gasteiger partial charge in [-0.3, -0.25) is 4.21 Å². The van der Waals surface area contributed by atoms with Gasteiger partial charge < -0.3 is 5.73 Å². The average molecular weight is 349 g/mol. The topological polar surface area (TPSA) is 89.3 Å². The van der Waals surface area contributed by atoms with Gasteiger partial charge in [0.05, 0.1) is 11.6 Å². The summed E-state index contributed by atoms with van der Waals surface area (Å²) < 4.78 is 37.5. The molecule has 0 aromatic heterocycles. The molecule has 1 atom stereocenters. The van der Waals surface area contributed by atoms with Crippen molar-refractivity contribution in [1.29, 1.82) is 0 Å². The van der Waals surface area contributed by atoms with Gasteiger partial charge in [-0.2, -0.15) is 0 Å². The van der Waals surface area contributed by atoms with E-state index in [0.29, 0.717) is 17.7 Å². The van der Waals surface area contributed by atoms with Crippen LogP contribution in [-0.4, -0.2) is 37.7 Å². The third kappa shape index (κ3) is 6.16. The van der Waals surface area contributed by atoms with Crippen molar-refractivity contribution < 1.29 is 12.6 Å². The molecule has 0 amide bonds. The van der Waals surface area contributed by atoms with Crippen LogP contribution in [0.25, 0.3) is 0 Å².